The molecule has 0 radical (unpaired) electrons. The molecular formula is C17H20N2O. The van der Waals surface area contributed by atoms with E-state index < -0.39 is 0 Å². The first-order chi connectivity index (χ1) is 9.81. The molecule has 1 aliphatic heterocycles. The summed E-state index contributed by atoms with van der Waals surface area (Å²) in [6.45, 7) is 5.95. The van der Waals surface area contributed by atoms with E-state index in [0.29, 0.717) is 0 Å². The minimum Gasteiger partial charge on any atom is -0.493 e. The lowest BCUT2D eigenvalue weighted by molar-refractivity contribution is 0.350. The van der Waals surface area contributed by atoms with Gasteiger partial charge >= 0.3 is 0 Å². The Hall–Kier alpha value is -1.87. The van der Waals surface area contributed by atoms with E-state index in [4.69, 9.17) is 4.74 Å². The quantitative estimate of drug-likeness (QED) is 0.925. The van der Waals surface area contributed by atoms with Crippen molar-refractivity contribution in [2.24, 2.45) is 0 Å². The molecule has 0 bridgehead atoms. The molecule has 0 fully saturated rings. The molecule has 0 aliphatic carbocycles. The molecule has 1 atom stereocenters. The van der Waals surface area contributed by atoms with Gasteiger partial charge in [-0.3, -0.25) is 4.98 Å². The van der Waals surface area contributed by atoms with Gasteiger partial charge in [0, 0.05) is 24.4 Å². The number of ether oxygens (including phenoxy) is 1. The van der Waals surface area contributed by atoms with E-state index in [2.05, 4.69) is 48.4 Å². The van der Waals surface area contributed by atoms with E-state index in [-0.39, 0.29) is 6.04 Å². The monoisotopic (exact) mass is 268 g/mol. The van der Waals surface area contributed by atoms with Crippen molar-refractivity contribution < 1.29 is 4.74 Å². The van der Waals surface area contributed by atoms with E-state index in [9.17, 15) is 0 Å². The third-order valence-corrected chi connectivity index (χ3v) is 3.85. The predicted octanol–water partition coefficient (Wildman–Crippen LogP) is 3.02. The SMILES string of the molecule is CCNC(c1cnccc1C)c1cccc2c1OCC2. The zero-order chi connectivity index (χ0) is 13.9. The lowest BCUT2D eigenvalue weighted by Crippen LogP contribution is -2.23. The van der Waals surface area contributed by atoms with Crippen LogP contribution in [0.1, 0.15) is 35.2 Å². The molecule has 1 aliphatic rings. The van der Waals surface area contributed by atoms with Gasteiger partial charge in [0.05, 0.1) is 12.6 Å². The summed E-state index contributed by atoms with van der Waals surface area (Å²) >= 11 is 0. The standard InChI is InChI=1S/C17H20N2O/c1-3-19-16(15-11-18-9-7-12(15)2)14-6-4-5-13-8-10-20-17(13)14/h4-7,9,11,16,19H,3,8,10H2,1-2H3. The number of pyridine rings is 1. The summed E-state index contributed by atoms with van der Waals surface area (Å²) in [5.41, 5.74) is 5.00. The highest BCUT2D eigenvalue weighted by Gasteiger charge is 2.23. The number of nitrogens with one attached hydrogen (secondary N) is 1. The Bertz CT molecular complexity index is 610. The molecule has 1 N–H and O–H groups in total. The van der Waals surface area contributed by atoms with E-state index in [1.165, 1.54) is 22.3 Å². The fraction of sp³-hybridized carbons (Fsp3) is 0.353. The predicted molar refractivity (Wildman–Crippen MR) is 80.1 cm³/mol. The molecule has 2 heterocycles. The molecule has 1 aromatic carbocycles. The number of aromatic nitrogens is 1. The molecule has 1 unspecified atom stereocenters. The Labute approximate surface area is 120 Å². The molecule has 0 amide bonds. The van der Waals surface area contributed by atoms with Crippen LogP contribution in [-0.4, -0.2) is 18.1 Å². The van der Waals surface area contributed by atoms with E-state index in [1.54, 1.807) is 0 Å². The van der Waals surface area contributed by atoms with Crippen molar-refractivity contribution in [1.82, 2.24) is 10.3 Å². The maximum atomic E-state index is 5.86. The molecule has 1 aromatic heterocycles. The van der Waals surface area contributed by atoms with Gasteiger partial charge in [-0.15, -0.1) is 0 Å². The van der Waals surface area contributed by atoms with Crippen LogP contribution in [0.25, 0.3) is 0 Å². The zero-order valence-electron chi connectivity index (χ0n) is 12.0. The summed E-state index contributed by atoms with van der Waals surface area (Å²) < 4.78 is 5.86. The van der Waals surface area contributed by atoms with Gasteiger partial charge in [0.2, 0.25) is 0 Å². The number of fused-ring (bicyclic) bond motifs is 1. The molecule has 3 rings (SSSR count). The summed E-state index contributed by atoms with van der Waals surface area (Å²) in [7, 11) is 0. The number of benzene rings is 1. The number of nitrogens with zero attached hydrogens (tertiary/aromatic N) is 1. The molecule has 0 saturated carbocycles. The summed E-state index contributed by atoms with van der Waals surface area (Å²) in [5, 5.41) is 3.57. The fourth-order valence-electron chi connectivity index (χ4n) is 2.84. The minimum atomic E-state index is 0.141. The van der Waals surface area contributed by atoms with Crippen LogP contribution in [-0.2, 0) is 6.42 Å². The van der Waals surface area contributed by atoms with Crippen molar-refractivity contribution in [1.29, 1.82) is 0 Å². The second-order valence-electron chi connectivity index (χ2n) is 5.16. The van der Waals surface area contributed by atoms with Gasteiger partial charge in [-0.05, 0) is 36.2 Å². The van der Waals surface area contributed by atoms with Crippen molar-refractivity contribution in [3.63, 3.8) is 0 Å². The van der Waals surface area contributed by atoms with Gasteiger partial charge in [-0.25, -0.2) is 0 Å². The number of hydrogen-bond acceptors (Lipinski definition) is 3. The topological polar surface area (TPSA) is 34.2 Å². The van der Waals surface area contributed by atoms with Gasteiger partial charge in [-0.2, -0.15) is 0 Å². The Morgan fingerprint density at radius 3 is 3.00 bits per heavy atom. The molecule has 2 aromatic rings. The fourth-order valence-corrected chi connectivity index (χ4v) is 2.84. The average Bonchev–Trinajstić information content (AvgIpc) is 2.94. The molecule has 3 nitrogen and oxygen atoms in total. The van der Waals surface area contributed by atoms with E-state index >= 15 is 0 Å². The summed E-state index contributed by atoms with van der Waals surface area (Å²) in [4.78, 5) is 4.29. The Morgan fingerprint density at radius 2 is 2.20 bits per heavy atom. The van der Waals surface area contributed by atoms with Crippen molar-refractivity contribution in [2.45, 2.75) is 26.3 Å². The molecule has 20 heavy (non-hydrogen) atoms. The molecule has 0 saturated heterocycles. The minimum absolute atomic E-state index is 0.141. The Kier molecular flexibility index (Phi) is 3.70. The molecule has 3 heteroatoms. The van der Waals surface area contributed by atoms with E-state index in [1.807, 2.05) is 12.4 Å². The van der Waals surface area contributed by atoms with Crippen LogP contribution in [0.4, 0.5) is 0 Å². The summed E-state index contributed by atoms with van der Waals surface area (Å²) in [5.74, 6) is 1.06. The second-order valence-corrected chi connectivity index (χ2v) is 5.16. The first-order valence-corrected chi connectivity index (χ1v) is 7.19. The van der Waals surface area contributed by atoms with Crippen molar-refractivity contribution in [3.05, 3.63) is 58.9 Å². The van der Waals surface area contributed by atoms with Crippen LogP contribution in [0.15, 0.2) is 36.7 Å². The highest BCUT2D eigenvalue weighted by Crippen LogP contribution is 2.36. The number of aryl methyl sites for hydroxylation is 1. The van der Waals surface area contributed by atoms with Gasteiger partial charge in [0.1, 0.15) is 5.75 Å². The maximum absolute atomic E-state index is 5.86. The normalized spacial score (nSPS) is 14.7. The van der Waals surface area contributed by atoms with Crippen molar-refractivity contribution in [2.75, 3.05) is 13.2 Å². The van der Waals surface area contributed by atoms with Crippen molar-refractivity contribution >= 4 is 0 Å². The maximum Gasteiger partial charge on any atom is 0.127 e. The number of hydrogen-bond donors (Lipinski definition) is 1. The number of rotatable bonds is 4. The highest BCUT2D eigenvalue weighted by molar-refractivity contribution is 5.49. The van der Waals surface area contributed by atoms with Gasteiger partial charge in [0.25, 0.3) is 0 Å². The second kappa shape index (κ2) is 5.63. The first kappa shape index (κ1) is 13.1. The Morgan fingerprint density at radius 1 is 1.30 bits per heavy atom. The van der Waals surface area contributed by atoms with Crippen LogP contribution < -0.4 is 10.1 Å². The van der Waals surface area contributed by atoms with Crippen LogP contribution in [0.5, 0.6) is 5.75 Å². The average molecular weight is 268 g/mol. The highest BCUT2D eigenvalue weighted by atomic mass is 16.5. The molecular weight excluding hydrogens is 248 g/mol. The zero-order valence-corrected chi connectivity index (χ0v) is 12.0. The van der Waals surface area contributed by atoms with Crippen LogP contribution >= 0.6 is 0 Å². The summed E-state index contributed by atoms with van der Waals surface area (Å²) in [6.07, 6.45) is 4.80. The lowest BCUT2D eigenvalue weighted by atomic mass is 9.94. The number of para-hydroxylation sites is 1. The summed E-state index contributed by atoms with van der Waals surface area (Å²) in [6, 6.07) is 8.64. The van der Waals surface area contributed by atoms with Gasteiger partial charge in [-0.1, -0.05) is 25.1 Å². The Balaban J connectivity index is 2.08. The lowest BCUT2D eigenvalue weighted by Gasteiger charge is -2.22. The van der Waals surface area contributed by atoms with Crippen LogP contribution in [0, 0.1) is 6.92 Å². The van der Waals surface area contributed by atoms with Gasteiger partial charge < -0.3 is 10.1 Å². The molecule has 0 spiro atoms. The van der Waals surface area contributed by atoms with E-state index in [0.717, 1.165) is 25.3 Å². The van der Waals surface area contributed by atoms with Crippen LogP contribution in [0.3, 0.4) is 0 Å². The van der Waals surface area contributed by atoms with Crippen molar-refractivity contribution in [3.8, 4) is 5.75 Å². The van der Waals surface area contributed by atoms with Gasteiger partial charge in [0.15, 0.2) is 0 Å². The van der Waals surface area contributed by atoms with Crippen LogP contribution in [0.2, 0.25) is 0 Å². The first-order valence-electron chi connectivity index (χ1n) is 7.19. The smallest absolute Gasteiger partial charge is 0.127 e. The third-order valence-electron chi connectivity index (χ3n) is 3.85. The molecule has 104 valence electrons. The largest absolute Gasteiger partial charge is 0.493 e. The third kappa shape index (κ3) is 2.29.